The minimum Gasteiger partial charge on any atom is -0.342 e. The molecule has 0 saturated carbocycles. The van der Waals surface area contributed by atoms with E-state index in [1.807, 2.05) is 4.90 Å². The first kappa shape index (κ1) is 20.9. The molecule has 0 spiro atoms. The van der Waals surface area contributed by atoms with Gasteiger partial charge in [-0.25, -0.2) is 4.39 Å². The molecule has 1 unspecified atom stereocenters. The lowest BCUT2D eigenvalue weighted by molar-refractivity contribution is -0.138. The zero-order chi connectivity index (χ0) is 17.8. The Balaban J connectivity index is 0.00000243. The number of benzene rings is 1. The Morgan fingerprint density at radius 3 is 2.54 bits per heavy atom. The van der Waals surface area contributed by atoms with Gasteiger partial charge < -0.3 is 15.5 Å². The number of likely N-dealkylation sites (tertiary alicyclic amines) is 1. The van der Waals surface area contributed by atoms with Crippen LogP contribution in [-0.4, -0.2) is 42.9 Å². The maximum atomic E-state index is 13.2. The average Bonchev–Trinajstić information content (AvgIpc) is 2.65. The van der Waals surface area contributed by atoms with Crippen molar-refractivity contribution in [2.75, 3.05) is 31.5 Å². The van der Waals surface area contributed by atoms with Gasteiger partial charge in [0.15, 0.2) is 0 Å². The molecule has 2 amide bonds. The molecule has 2 heterocycles. The number of nitrogens with one attached hydrogen (secondary N) is 2. The number of rotatable bonds is 3. The van der Waals surface area contributed by atoms with E-state index in [2.05, 4.69) is 10.6 Å². The molecule has 8 heteroatoms. The van der Waals surface area contributed by atoms with Gasteiger partial charge in [-0.1, -0.05) is 11.6 Å². The molecular formula is C18H24Cl2FN3O2. The summed E-state index contributed by atoms with van der Waals surface area (Å²) in [5.74, 6) is -0.480. The van der Waals surface area contributed by atoms with E-state index >= 15 is 0 Å². The molecule has 3 rings (SSSR count). The number of amides is 2. The predicted octanol–water partition coefficient (Wildman–Crippen LogP) is 3.08. The minimum absolute atomic E-state index is 0. The van der Waals surface area contributed by atoms with Gasteiger partial charge in [0.1, 0.15) is 5.82 Å². The van der Waals surface area contributed by atoms with Crippen LogP contribution in [0.4, 0.5) is 10.1 Å². The zero-order valence-electron chi connectivity index (χ0n) is 14.5. The van der Waals surface area contributed by atoms with Crippen molar-refractivity contribution in [3.05, 3.63) is 29.0 Å². The molecule has 0 aromatic heterocycles. The van der Waals surface area contributed by atoms with Gasteiger partial charge in [0.2, 0.25) is 11.8 Å². The lowest BCUT2D eigenvalue weighted by Crippen LogP contribution is -2.47. The van der Waals surface area contributed by atoms with Crippen molar-refractivity contribution in [2.24, 2.45) is 11.8 Å². The Morgan fingerprint density at radius 1 is 1.19 bits per heavy atom. The molecule has 2 aliphatic heterocycles. The van der Waals surface area contributed by atoms with Crippen LogP contribution in [0.1, 0.15) is 25.7 Å². The quantitative estimate of drug-likeness (QED) is 0.814. The molecule has 1 aromatic carbocycles. The number of piperidine rings is 2. The van der Waals surface area contributed by atoms with Gasteiger partial charge in [-0.05, 0) is 50.4 Å². The lowest BCUT2D eigenvalue weighted by atomic mass is 9.93. The third-order valence-corrected chi connectivity index (χ3v) is 5.30. The molecule has 1 aromatic rings. The van der Waals surface area contributed by atoms with E-state index in [0.717, 1.165) is 25.9 Å². The molecule has 2 aliphatic rings. The Hall–Kier alpha value is -1.37. The van der Waals surface area contributed by atoms with Gasteiger partial charge in [0, 0.05) is 31.2 Å². The van der Waals surface area contributed by atoms with Crippen molar-refractivity contribution in [1.29, 1.82) is 0 Å². The normalized spacial score (nSPS) is 21.0. The van der Waals surface area contributed by atoms with Crippen molar-refractivity contribution in [3.63, 3.8) is 0 Å². The highest BCUT2D eigenvalue weighted by Crippen LogP contribution is 2.24. The summed E-state index contributed by atoms with van der Waals surface area (Å²) >= 11 is 5.74. The van der Waals surface area contributed by atoms with Crippen molar-refractivity contribution < 1.29 is 14.0 Å². The largest absolute Gasteiger partial charge is 0.342 e. The van der Waals surface area contributed by atoms with Gasteiger partial charge in [0.25, 0.3) is 0 Å². The van der Waals surface area contributed by atoms with Crippen LogP contribution < -0.4 is 10.6 Å². The fraction of sp³-hybridized carbons (Fsp3) is 0.556. The Kier molecular flexibility index (Phi) is 7.68. The predicted molar refractivity (Wildman–Crippen MR) is 102 cm³/mol. The van der Waals surface area contributed by atoms with Crippen LogP contribution in [0.25, 0.3) is 0 Å². The highest BCUT2D eigenvalue weighted by molar-refractivity contribution is 6.31. The second-order valence-corrected chi connectivity index (χ2v) is 7.17. The lowest BCUT2D eigenvalue weighted by Gasteiger charge is -2.34. The van der Waals surface area contributed by atoms with Crippen LogP contribution >= 0.6 is 24.0 Å². The highest BCUT2D eigenvalue weighted by atomic mass is 35.5. The maximum Gasteiger partial charge on any atom is 0.227 e. The first-order valence-electron chi connectivity index (χ1n) is 8.80. The van der Waals surface area contributed by atoms with Crippen molar-refractivity contribution >= 4 is 41.5 Å². The van der Waals surface area contributed by atoms with E-state index in [0.29, 0.717) is 31.6 Å². The second kappa shape index (κ2) is 9.53. The fourth-order valence-electron chi connectivity index (χ4n) is 3.50. The van der Waals surface area contributed by atoms with Crippen molar-refractivity contribution in [2.45, 2.75) is 25.7 Å². The minimum atomic E-state index is -0.510. The Labute approximate surface area is 164 Å². The van der Waals surface area contributed by atoms with Crippen molar-refractivity contribution in [1.82, 2.24) is 10.2 Å². The van der Waals surface area contributed by atoms with Gasteiger partial charge in [-0.2, -0.15) is 0 Å². The zero-order valence-corrected chi connectivity index (χ0v) is 16.0. The first-order valence-corrected chi connectivity index (χ1v) is 9.18. The molecule has 2 fully saturated rings. The molecule has 0 bridgehead atoms. The number of anilines is 1. The number of hydrogen-bond donors (Lipinski definition) is 2. The summed E-state index contributed by atoms with van der Waals surface area (Å²) in [6, 6.07) is 4.13. The van der Waals surface area contributed by atoms with Crippen LogP contribution in [-0.2, 0) is 9.59 Å². The molecule has 1 atom stereocenters. The second-order valence-electron chi connectivity index (χ2n) is 6.76. The molecular weight excluding hydrogens is 380 g/mol. The molecule has 2 saturated heterocycles. The summed E-state index contributed by atoms with van der Waals surface area (Å²) in [4.78, 5) is 26.8. The fourth-order valence-corrected chi connectivity index (χ4v) is 3.68. The Bertz CT molecular complexity index is 645. The van der Waals surface area contributed by atoms with E-state index in [-0.39, 0.29) is 41.1 Å². The van der Waals surface area contributed by atoms with Crippen LogP contribution in [0.5, 0.6) is 0 Å². The van der Waals surface area contributed by atoms with Crippen LogP contribution in [0.15, 0.2) is 18.2 Å². The third kappa shape index (κ3) is 5.09. The summed E-state index contributed by atoms with van der Waals surface area (Å²) in [7, 11) is 0. The van der Waals surface area contributed by atoms with Gasteiger partial charge in [-0.3, -0.25) is 9.59 Å². The summed E-state index contributed by atoms with van der Waals surface area (Å²) < 4.78 is 13.2. The summed E-state index contributed by atoms with van der Waals surface area (Å²) in [6.07, 6.45) is 3.27. The first-order chi connectivity index (χ1) is 12.0. The van der Waals surface area contributed by atoms with Gasteiger partial charge in [0.05, 0.1) is 10.9 Å². The monoisotopic (exact) mass is 403 g/mol. The molecule has 144 valence electrons. The number of hydrogen-bond acceptors (Lipinski definition) is 3. The SMILES string of the molecule is Cl.O=C(Nc1ccc(F)c(Cl)c1)C1CCN(C(=O)C2CCCNC2)CC1. The van der Waals surface area contributed by atoms with Crippen LogP contribution in [0.3, 0.4) is 0 Å². The number of nitrogens with zero attached hydrogens (tertiary/aromatic N) is 1. The smallest absolute Gasteiger partial charge is 0.227 e. The summed E-state index contributed by atoms with van der Waals surface area (Å²) in [5, 5.41) is 6.04. The topological polar surface area (TPSA) is 61.4 Å². The van der Waals surface area contributed by atoms with Crippen LogP contribution in [0.2, 0.25) is 5.02 Å². The average molecular weight is 404 g/mol. The van der Waals surface area contributed by atoms with Crippen molar-refractivity contribution in [3.8, 4) is 0 Å². The van der Waals surface area contributed by atoms with E-state index in [9.17, 15) is 14.0 Å². The molecule has 2 N–H and O–H groups in total. The van der Waals surface area contributed by atoms with Gasteiger partial charge >= 0.3 is 0 Å². The van der Waals surface area contributed by atoms with E-state index in [1.165, 1.54) is 18.2 Å². The summed E-state index contributed by atoms with van der Waals surface area (Å²) in [6.45, 7) is 2.96. The molecule has 5 nitrogen and oxygen atoms in total. The third-order valence-electron chi connectivity index (χ3n) is 5.01. The van der Waals surface area contributed by atoms with E-state index in [4.69, 9.17) is 11.6 Å². The van der Waals surface area contributed by atoms with E-state index < -0.39 is 5.82 Å². The number of carbonyl (C=O) groups is 2. The summed E-state index contributed by atoms with van der Waals surface area (Å²) in [5.41, 5.74) is 0.489. The van der Waals surface area contributed by atoms with E-state index in [1.54, 1.807) is 0 Å². The standard InChI is InChI=1S/C18H23ClFN3O2.ClH/c19-15-10-14(3-4-16(15)20)22-17(24)12-5-8-23(9-6-12)18(25)13-2-1-7-21-11-13;/h3-4,10,12-13,21H,1-2,5-9,11H2,(H,22,24);1H. The molecule has 0 radical (unpaired) electrons. The maximum absolute atomic E-state index is 13.2. The van der Waals surface area contributed by atoms with Gasteiger partial charge in [-0.15, -0.1) is 12.4 Å². The van der Waals surface area contributed by atoms with Crippen LogP contribution in [0, 0.1) is 17.7 Å². The highest BCUT2D eigenvalue weighted by Gasteiger charge is 2.31. The number of halogens is 3. The Morgan fingerprint density at radius 2 is 1.92 bits per heavy atom. The number of carbonyl (C=O) groups excluding carboxylic acids is 2. The molecule has 26 heavy (non-hydrogen) atoms. The molecule has 0 aliphatic carbocycles.